The third-order valence-corrected chi connectivity index (χ3v) is 7.24. The summed E-state index contributed by atoms with van der Waals surface area (Å²) in [5.41, 5.74) is 1.35. The zero-order chi connectivity index (χ0) is 34.8. The number of halogens is 3. The van der Waals surface area contributed by atoms with Gasteiger partial charge in [-0.05, 0) is 99.5 Å². The summed E-state index contributed by atoms with van der Waals surface area (Å²) in [4.78, 5) is 41.8. The first kappa shape index (κ1) is 33.7. The number of rotatable bonds is 9. The van der Waals surface area contributed by atoms with E-state index in [0.717, 1.165) is 0 Å². The van der Waals surface area contributed by atoms with E-state index in [4.69, 9.17) is 14.3 Å². The standard InChI is InChI=1S/C36H32F3N3O6/c1-35(2,3)42-31(43)23-7-5-6-22(18-23)26-19-27-29(32(44)40-4)30(48-33(27)41-28(26)16-17-36(37,38)39)20-8-12-24(13-9-20)47-25-14-10-21(11-15-25)34(45)46/h5-15,18-19H,16-17H2,1-4H3,(H,40,44)(H,42,43)(H,45,46). The molecule has 2 heterocycles. The molecule has 12 heteroatoms. The quantitative estimate of drug-likeness (QED) is 0.146. The first-order valence-corrected chi connectivity index (χ1v) is 14.9. The van der Waals surface area contributed by atoms with Crippen molar-refractivity contribution in [1.82, 2.24) is 15.6 Å². The van der Waals surface area contributed by atoms with Gasteiger partial charge >= 0.3 is 12.1 Å². The van der Waals surface area contributed by atoms with Gasteiger partial charge in [-0.1, -0.05) is 12.1 Å². The molecule has 248 valence electrons. The van der Waals surface area contributed by atoms with Crippen molar-refractivity contribution in [3.63, 3.8) is 0 Å². The van der Waals surface area contributed by atoms with E-state index in [9.17, 15) is 27.6 Å². The second-order valence-electron chi connectivity index (χ2n) is 12.1. The fourth-order valence-electron chi connectivity index (χ4n) is 5.03. The summed E-state index contributed by atoms with van der Waals surface area (Å²) in [5.74, 6) is -0.940. The number of carboxylic acids is 1. The van der Waals surface area contributed by atoms with Crippen molar-refractivity contribution >= 4 is 28.9 Å². The van der Waals surface area contributed by atoms with E-state index >= 15 is 0 Å². The summed E-state index contributed by atoms with van der Waals surface area (Å²) in [6.07, 6.45) is -6.05. The maximum atomic E-state index is 13.4. The van der Waals surface area contributed by atoms with Gasteiger partial charge in [0.05, 0.1) is 22.2 Å². The molecule has 0 unspecified atom stereocenters. The fraction of sp³-hybridized carbons (Fsp3) is 0.222. The number of aromatic carboxylic acids is 1. The number of nitrogens with one attached hydrogen (secondary N) is 2. The molecule has 0 spiro atoms. The van der Waals surface area contributed by atoms with E-state index in [2.05, 4.69) is 15.6 Å². The number of pyridine rings is 1. The molecule has 2 amide bonds. The van der Waals surface area contributed by atoms with Gasteiger partial charge in [0.15, 0.2) is 0 Å². The molecule has 3 aromatic carbocycles. The van der Waals surface area contributed by atoms with Crippen LogP contribution in [0.4, 0.5) is 13.2 Å². The topological polar surface area (TPSA) is 131 Å². The SMILES string of the molecule is CNC(=O)c1c(-c2ccc(Oc3ccc(C(=O)O)cc3)cc2)oc2nc(CCC(F)(F)F)c(-c3cccc(C(=O)NC(C)(C)C)c3)cc12. The average molecular weight is 660 g/mol. The monoisotopic (exact) mass is 659 g/mol. The number of hydrogen-bond acceptors (Lipinski definition) is 6. The normalized spacial score (nSPS) is 11.7. The predicted octanol–water partition coefficient (Wildman–Crippen LogP) is 8.04. The Labute approximate surface area is 273 Å². The lowest BCUT2D eigenvalue weighted by Gasteiger charge is -2.20. The smallest absolute Gasteiger partial charge is 0.389 e. The summed E-state index contributed by atoms with van der Waals surface area (Å²) >= 11 is 0. The highest BCUT2D eigenvalue weighted by molar-refractivity contribution is 6.11. The molecule has 0 fully saturated rings. The van der Waals surface area contributed by atoms with Gasteiger partial charge in [-0.3, -0.25) is 9.59 Å². The van der Waals surface area contributed by atoms with Crippen LogP contribution in [0, 0.1) is 0 Å². The van der Waals surface area contributed by atoms with Gasteiger partial charge in [0.1, 0.15) is 17.3 Å². The van der Waals surface area contributed by atoms with Crippen molar-refractivity contribution in [3.8, 4) is 33.9 Å². The van der Waals surface area contributed by atoms with Crippen LogP contribution >= 0.6 is 0 Å². The van der Waals surface area contributed by atoms with Crippen molar-refractivity contribution in [3.05, 3.63) is 101 Å². The molecule has 0 atom stereocenters. The third-order valence-electron chi connectivity index (χ3n) is 7.24. The first-order valence-electron chi connectivity index (χ1n) is 14.9. The number of carbonyl (C=O) groups excluding carboxylic acids is 2. The Bertz CT molecular complexity index is 1990. The van der Waals surface area contributed by atoms with Crippen LogP contribution in [0.25, 0.3) is 33.6 Å². The molecule has 3 N–H and O–H groups in total. The van der Waals surface area contributed by atoms with Gasteiger partial charge < -0.3 is 24.9 Å². The maximum absolute atomic E-state index is 13.4. The van der Waals surface area contributed by atoms with Crippen LogP contribution in [0.5, 0.6) is 11.5 Å². The average Bonchev–Trinajstić information content (AvgIpc) is 3.41. The highest BCUT2D eigenvalue weighted by atomic mass is 19.4. The first-order chi connectivity index (χ1) is 22.6. The molecule has 0 bridgehead atoms. The van der Waals surface area contributed by atoms with Gasteiger partial charge in [0.2, 0.25) is 5.71 Å². The van der Waals surface area contributed by atoms with E-state index in [-0.39, 0.29) is 39.6 Å². The highest BCUT2D eigenvalue weighted by Gasteiger charge is 2.29. The van der Waals surface area contributed by atoms with E-state index in [1.807, 2.05) is 20.8 Å². The number of alkyl halides is 3. The molecule has 5 rings (SSSR count). The van der Waals surface area contributed by atoms with Gasteiger partial charge in [-0.2, -0.15) is 13.2 Å². The second kappa shape index (κ2) is 13.2. The lowest BCUT2D eigenvalue weighted by Crippen LogP contribution is -2.40. The van der Waals surface area contributed by atoms with Crippen molar-refractivity contribution in [2.24, 2.45) is 0 Å². The number of carboxylic acid groups (broad SMARTS) is 1. The molecule has 0 aliphatic rings. The molecule has 0 saturated carbocycles. The van der Waals surface area contributed by atoms with Crippen molar-refractivity contribution in [1.29, 1.82) is 0 Å². The summed E-state index contributed by atoms with van der Waals surface area (Å²) in [5, 5.41) is 14.9. The maximum Gasteiger partial charge on any atom is 0.389 e. The Balaban J connectivity index is 1.58. The van der Waals surface area contributed by atoms with E-state index in [0.29, 0.717) is 33.8 Å². The molecular weight excluding hydrogens is 627 g/mol. The summed E-state index contributed by atoms with van der Waals surface area (Å²) in [7, 11) is 1.45. The second-order valence-corrected chi connectivity index (χ2v) is 12.1. The van der Waals surface area contributed by atoms with Crippen LogP contribution in [0.15, 0.2) is 83.3 Å². The molecule has 5 aromatic rings. The summed E-state index contributed by atoms with van der Waals surface area (Å²) in [6, 6.07) is 20.5. The number of amides is 2. The van der Waals surface area contributed by atoms with Crippen LogP contribution in [-0.2, 0) is 6.42 Å². The molecule has 9 nitrogen and oxygen atoms in total. The lowest BCUT2D eigenvalue weighted by molar-refractivity contribution is -0.134. The Kier molecular flexibility index (Phi) is 9.29. The molecule has 0 saturated heterocycles. The van der Waals surface area contributed by atoms with Gasteiger partial charge in [-0.15, -0.1) is 0 Å². The van der Waals surface area contributed by atoms with Crippen LogP contribution in [-0.4, -0.2) is 46.6 Å². The lowest BCUT2D eigenvalue weighted by atomic mass is 9.96. The number of aryl methyl sites for hydroxylation is 1. The zero-order valence-corrected chi connectivity index (χ0v) is 26.5. The minimum absolute atomic E-state index is 0.0231. The van der Waals surface area contributed by atoms with Crippen molar-refractivity contribution in [2.75, 3.05) is 7.05 Å². The largest absolute Gasteiger partial charge is 0.478 e. The minimum atomic E-state index is -4.45. The van der Waals surface area contributed by atoms with Crippen LogP contribution in [0.1, 0.15) is 64.0 Å². The number of hydrogen-bond donors (Lipinski definition) is 3. The van der Waals surface area contributed by atoms with Crippen LogP contribution < -0.4 is 15.4 Å². The molecular formula is C36H32F3N3O6. The molecule has 48 heavy (non-hydrogen) atoms. The number of fused-ring (bicyclic) bond motifs is 1. The number of nitrogens with zero attached hydrogens (tertiary/aromatic N) is 1. The zero-order valence-electron chi connectivity index (χ0n) is 26.5. The Morgan fingerprint density at radius 1 is 0.854 bits per heavy atom. The van der Waals surface area contributed by atoms with Gasteiger partial charge in [0, 0.05) is 35.7 Å². The van der Waals surface area contributed by atoms with Gasteiger partial charge in [-0.25, -0.2) is 9.78 Å². The summed E-state index contributed by atoms with van der Waals surface area (Å²) in [6.45, 7) is 5.50. The Morgan fingerprint density at radius 3 is 2.08 bits per heavy atom. The minimum Gasteiger partial charge on any atom is -0.478 e. The Hall–Kier alpha value is -5.65. The summed E-state index contributed by atoms with van der Waals surface area (Å²) < 4.78 is 52.0. The van der Waals surface area contributed by atoms with Crippen molar-refractivity contribution < 1.29 is 41.8 Å². The van der Waals surface area contributed by atoms with Gasteiger partial charge in [0.25, 0.3) is 11.8 Å². The molecule has 0 aliphatic carbocycles. The highest BCUT2D eigenvalue weighted by Crippen LogP contribution is 2.38. The van der Waals surface area contributed by atoms with Crippen LogP contribution in [0.3, 0.4) is 0 Å². The van der Waals surface area contributed by atoms with E-state index < -0.39 is 36.4 Å². The van der Waals surface area contributed by atoms with E-state index in [1.54, 1.807) is 54.6 Å². The third kappa shape index (κ3) is 7.83. The number of benzene rings is 3. The number of aromatic nitrogens is 1. The Morgan fingerprint density at radius 2 is 1.50 bits per heavy atom. The number of furan rings is 1. The number of ether oxygens (including phenoxy) is 1. The van der Waals surface area contributed by atoms with E-state index in [1.165, 1.54) is 31.3 Å². The predicted molar refractivity (Wildman–Crippen MR) is 173 cm³/mol. The van der Waals surface area contributed by atoms with Crippen LogP contribution in [0.2, 0.25) is 0 Å². The van der Waals surface area contributed by atoms with Crippen molar-refractivity contribution in [2.45, 2.75) is 45.3 Å². The molecule has 0 radical (unpaired) electrons. The fourth-order valence-corrected chi connectivity index (χ4v) is 5.03. The molecule has 0 aliphatic heterocycles. The molecule has 2 aromatic heterocycles. The number of carbonyl (C=O) groups is 3.